The fourth-order valence-corrected chi connectivity index (χ4v) is 2.69. The van der Waals surface area contributed by atoms with E-state index in [9.17, 15) is 0 Å². The molecule has 90 valence electrons. The van der Waals surface area contributed by atoms with Crippen molar-refractivity contribution in [1.29, 1.82) is 0 Å². The molecule has 0 unspecified atom stereocenters. The Balaban J connectivity index is 2.13. The maximum atomic E-state index is 4.43. The zero-order valence-corrected chi connectivity index (χ0v) is 11.3. The number of anilines is 1. The molecule has 17 heavy (non-hydrogen) atoms. The van der Waals surface area contributed by atoms with Crippen molar-refractivity contribution in [2.75, 3.05) is 11.9 Å². The Labute approximate surface area is 108 Å². The summed E-state index contributed by atoms with van der Waals surface area (Å²) in [6.07, 6.45) is 1.05. The van der Waals surface area contributed by atoms with Gasteiger partial charge in [0.2, 0.25) is 5.95 Å². The molecule has 0 aliphatic rings. The van der Waals surface area contributed by atoms with Crippen molar-refractivity contribution in [3.8, 4) is 0 Å². The second-order valence-electron chi connectivity index (χ2n) is 3.40. The first kappa shape index (κ1) is 12.3. The minimum Gasteiger partial charge on any atom is -0.354 e. The van der Waals surface area contributed by atoms with Crippen LogP contribution in [0.15, 0.2) is 20.9 Å². The van der Waals surface area contributed by atoms with Crippen LogP contribution < -0.4 is 5.32 Å². The average Bonchev–Trinajstić information content (AvgIpc) is 2.78. The first-order valence-electron chi connectivity index (χ1n) is 5.31. The van der Waals surface area contributed by atoms with Gasteiger partial charge in [-0.3, -0.25) is 0 Å². The average molecular weight is 267 g/mol. The normalized spacial score (nSPS) is 10.5. The van der Waals surface area contributed by atoms with E-state index in [0.717, 1.165) is 28.0 Å². The Bertz CT molecular complexity index is 472. The summed E-state index contributed by atoms with van der Waals surface area (Å²) in [5, 5.41) is 11.9. The second kappa shape index (κ2) is 5.92. The largest absolute Gasteiger partial charge is 0.354 e. The summed E-state index contributed by atoms with van der Waals surface area (Å²) < 4.78 is 0.893. The highest BCUT2D eigenvalue weighted by Crippen LogP contribution is 2.27. The maximum Gasteiger partial charge on any atom is 0.223 e. The van der Waals surface area contributed by atoms with Gasteiger partial charge >= 0.3 is 0 Å². The van der Waals surface area contributed by atoms with Crippen LogP contribution in [0.2, 0.25) is 0 Å². The summed E-state index contributed by atoms with van der Waals surface area (Å²) in [4.78, 5) is 8.76. The van der Waals surface area contributed by atoms with Gasteiger partial charge in [0.05, 0.1) is 0 Å². The Hall–Kier alpha value is -1.21. The Kier molecular flexibility index (Phi) is 4.27. The highest BCUT2D eigenvalue weighted by atomic mass is 32.2. The van der Waals surface area contributed by atoms with Gasteiger partial charge in [0.15, 0.2) is 4.34 Å². The lowest BCUT2D eigenvalue weighted by Crippen LogP contribution is -2.05. The van der Waals surface area contributed by atoms with E-state index in [0.29, 0.717) is 5.95 Å². The minimum absolute atomic E-state index is 0.680. The zero-order valence-electron chi connectivity index (χ0n) is 9.67. The minimum atomic E-state index is 0.680. The third kappa shape index (κ3) is 3.64. The molecule has 0 spiro atoms. The molecule has 0 bridgehead atoms. The van der Waals surface area contributed by atoms with Gasteiger partial charge in [-0.1, -0.05) is 18.3 Å². The van der Waals surface area contributed by atoms with E-state index in [2.05, 4.69) is 32.4 Å². The molecule has 0 aliphatic carbocycles. The molecule has 7 heteroatoms. The molecule has 0 fully saturated rings. The van der Waals surface area contributed by atoms with Gasteiger partial charge in [-0.2, -0.15) is 0 Å². The molecule has 0 aromatic carbocycles. The van der Waals surface area contributed by atoms with Crippen molar-refractivity contribution in [3.05, 3.63) is 17.3 Å². The Morgan fingerprint density at radius 3 is 3.00 bits per heavy atom. The molecular formula is C10H13N5S2. The molecule has 2 aromatic rings. The zero-order chi connectivity index (χ0) is 12.1. The molecule has 2 rings (SSSR count). The van der Waals surface area contributed by atoms with Crippen molar-refractivity contribution in [2.24, 2.45) is 0 Å². The molecule has 1 N–H and O–H groups in total. The van der Waals surface area contributed by atoms with Crippen molar-refractivity contribution in [3.63, 3.8) is 0 Å². The van der Waals surface area contributed by atoms with Crippen molar-refractivity contribution < 1.29 is 0 Å². The fraction of sp³-hybridized carbons (Fsp3) is 0.400. The van der Waals surface area contributed by atoms with Crippen LogP contribution in [0.1, 0.15) is 19.0 Å². The molecule has 0 radical (unpaired) electrons. The monoisotopic (exact) mass is 267 g/mol. The predicted octanol–water partition coefficient (Wildman–Crippen LogP) is 2.61. The molecule has 0 saturated heterocycles. The first-order chi connectivity index (χ1) is 8.28. The van der Waals surface area contributed by atoms with Gasteiger partial charge in [-0.15, -0.1) is 10.2 Å². The molecule has 2 heterocycles. The highest BCUT2D eigenvalue weighted by molar-refractivity contribution is 8.00. The lowest BCUT2D eigenvalue weighted by atomic mass is 10.4. The van der Waals surface area contributed by atoms with E-state index in [-0.39, 0.29) is 0 Å². The first-order valence-corrected chi connectivity index (χ1v) is 7.01. The van der Waals surface area contributed by atoms with E-state index in [4.69, 9.17) is 0 Å². The number of nitrogens with zero attached hydrogens (tertiary/aromatic N) is 4. The summed E-state index contributed by atoms with van der Waals surface area (Å²) in [5.74, 6) is 0.680. The molecule has 0 amide bonds. The molecule has 0 saturated carbocycles. The van der Waals surface area contributed by atoms with Gasteiger partial charge in [-0.05, 0) is 31.2 Å². The van der Waals surface area contributed by atoms with Crippen LogP contribution in [0.25, 0.3) is 0 Å². The van der Waals surface area contributed by atoms with Crippen molar-refractivity contribution in [2.45, 2.75) is 29.6 Å². The van der Waals surface area contributed by atoms with Crippen molar-refractivity contribution in [1.82, 2.24) is 20.2 Å². The lowest BCUT2D eigenvalue weighted by Gasteiger charge is -2.05. The third-order valence-corrected chi connectivity index (χ3v) is 3.59. The van der Waals surface area contributed by atoms with Crippen LogP contribution in [-0.2, 0) is 0 Å². The number of nitrogens with one attached hydrogen (secondary N) is 1. The maximum absolute atomic E-state index is 4.43. The van der Waals surface area contributed by atoms with Gasteiger partial charge in [0.1, 0.15) is 10.5 Å². The standard InChI is InChI=1S/C10H13N5S2/c1-3-4-11-9-13-7(2)5-8(14-9)17-10-15-12-6-16-10/h5-6H,3-4H2,1-2H3,(H,11,13,14). The van der Waals surface area contributed by atoms with Crippen LogP contribution in [-0.4, -0.2) is 26.7 Å². The van der Waals surface area contributed by atoms with Crippen LogP contribution >= 0.6 is 23.1 Å². The van der Waals surface area contributed by atoms with Crippen LogP contribution in [0.5, 0.6) is 0 Å². The van der Waals surface area contributed by atoms with Crippen LogP contribution in [0, 0.1) is 6.92 Å². The quantitative estimate of drug-likeness (QED) is 0.840. The third-order valence-electron chi connectivity index (χ3n) is 1.90. The Morgan fingerprint density at radius 1 is 1.41 bits per heavy atom. The molecule has 5 nitrogen and oxygen atoms in total. The smallest absolute Gasteiger partial charge is 0.223 e. The van der Waals surface area contributed by atoms with E-state index in [1.54, 1.807) is 5.51 Å². The SMILES string of the molecule is CCCNc1nc(C)cc(Sc2nncs2)n1. The van der Waals surface area contributed by atoms with Crippen molar-refractivity contribution >= 4 is 29.0 Å². The van der Waals surface area contributed by atoms with Gasteiger partial charge in [-0.25, -0.2) is 9.97 Å². The fourth-order valence-electron chi connectivity index (χ4n) is 1.20. The van der Waals surface area contributed by atoms with E-state index in [1.807, 2.05) is 13.0 Å². The number of hydrogen-bond donors (Lipinski definition) is 1. The molecule has 0 atom stereocenters. The van der Waals surface area contributed by atoms with Crippen LogP contribution in [0.4, 0.5) is 5.95 Å². The summed E-state index contributed by atoms with van der Waals surface area (Å²) >= 11 is 3.02. The Morgan fingerprint density at radius 2 is 2.29 bits per heavy atom. The number of hydrogen-bond acceptors (Lipinski definition) is 7. The summed E-state index contributed by atoms with van der Waals surface area (Å²) in [7, 11) is 0. The molecule has 0 aliphatic heterocycles. The number of aromatic nitrogens is 4. The number of rotatable bonds is 5. The summed E-state index contributed by atoms with van der Waals surface area (Å²) in [6, 6.07) is 1.95. The van der Waals surface area contributed by atoms with Gasteiger partial charge in [0, 0.05) is 12.2 Å². The summed E-state index contributed by atoms with van der Waals surface area (Å²) in [6.45, 7) is 4.95. The number of aryl methyl sites for hydroxylation is 1. The molecular weight excluding hydrogens is 254 g/mol. The topological polar surface area (TPSA) is 63.6 Å². The lowest BCUT2D eigenvalue weighted by molar-refractivity contribution is 0.923. The van der Waals surface area contributed by atoms with Crippen LogP contribution in [0.3, 0.4) is 0 Å². The summed E-state index contributed by atoms with van der Waals surface area (Å²) in [5.41, 5.74) is 2.66. The van der Waals surface area contributed by atoms with Gasteiger partial charge in [0.25, 0.3) is 0 Å². The van der Waals surface area contributed by atoms with E-state index in [1.165, 1.54) is 23.1 Å². The van der Waals surface area contributed by atoms with Gasteiger partial charge < -0.3 is 5.32 Å². The molecule has 2 aromatic heterocycles. The van der Waals surface area contributed by atoms with E-state index < -0.39 is 0 Å². The van der Waals surface area contributed by atoms with E-state index >= 15 is 0 Å². The second-order valence-corrected chi connectivity index (χ2v) is 5.51. The predicted molar refractivity (Wildman–Crippen MR) is 69.6 cm³/mol. The highest BCUT2D eigenvalue weighted by Gasteiger charge is 2.05.